The molecule has 5 heteroatoms. The molecule has 5 nitrogen and oxygen atoms in total. The summed E-state index contributed by atoms with van der Waals surface area (Å²) in [6.07, 6.45) is 1.11. The van der Waals surface area contributed by atoms with Gasteiger partial charge in [0.05, 0.1) is 11.1 Å². The number of carbonyl (C=O) groups is 1. The Morgan fingerprint density at radius 1 is 1.14 bits per heavy atom. The molecule has 0 bridgehead atoms. The molecule has 0 fully saturated rings. The Morgan fingerprint density at radius 2 is 1.86 bits per heavy atom. The van der Waals surface area contributed by atoms with E-state index in [2.05, 4.69) is 10.3 Å². The number of esters is 1. The molecule has 1 unspecified atom stereocenters. The smallest absolute Gasteiger partial charge is 0.340 e. The van der Waals surface area contributed by atoms with E-state index in [0.717, 1.165) is 17.5 Å². The number of nitrogens with zero attached hydrogens (tertiary/aromatic N) is 3. The van der Waals surface area contributed by atoms with Crippen LogP contribution in [-0.4, -0.2) is 21.0 Å². The molecule has 0 saturated carbocycles. The standard InChI is InChI=1S/C17H17N3O2/c1-2-8-16(22-17(21)13-9-4-3-5-10-13)20-15-12-7-6-11-14(15)18-19-20/h3-7,9-12,16H,2,8H2,1H3. The molecule has 0 aliphatic carbocycles. The first-order valence-electron chi connectivity index (χ1n) is 7.35. The minimum Gasteiger partial charge on any atom is -0.436 e. The van der Waals surface area contributed by atoms with Crippen molar-refractivity contribution < 1.29 is 9.53 Å². The fraction of sp³-hybridized carbons (Fsp3) is 0.235. The first-order chi connectivity index (χ1) is 10.8. The molecule has 0 spiro atoms. The molecule has 2 aromatic carbocycles. The van der Waals surface area contributed by atoms with Crippen molar-refractivity contribution in [1.29, 1.82) is 0 Å². The molecule has 1 heterocycles. The largest absolute Gasteiger partial charge is 0.436 e. The fourth-order valence-corrected chi connectivity index (χ4v) is 2.34. The van der Waals surface area contributed by atoms with Gasteiger partial charge in [-0.25, -0.2) is 9.48 Å². The summed E-state index contributed by atoms with van der Waals surface area (Å²) in [5.41, 5.74) is 2.19. The van der Waals surface area contributed by atoms with Crippen molar-refractivity contribution in [2.45, 2.75) is 26.0 Å². The number of rotatable bonds is 5. The molecule has 112 valence electrons. The minimum atomic E-state index is -0.454. The molecule has 3 aromatic rings. The average Bonchev–Trinajstić information content (AvgIpc) is 2.99. The summed E-state index contributed by atoms with van der Waals surface area (Å²) >= 11 is 0. The lowest BCUT2D eigenvalue weighted by molar-refractivity contribution is 0.00235. The molecule has 0 saturated heterocycles. The van der Waals surface area contributed by atoms with Crippen LogP contribution in [0.4, 0.5) is 0 Å². The van der Waals surface area contributed by atoms with Gasteiger partial charge in [-0.15, -0.1) is 5.10 Å². The van der Waals surface area contributed by atoms with E-state index in [4.69, 9.17) is 4.74 Å². The van der Waals surface area contributed by atoms with Crippen LogP contribution in [-0.2, 0) is 4.74 Å². The summed E-state index contributed by atoms with van der Waals surface area (Å²) in [7, 11) is 0. The summed E-state index contributed by atoms with van der Waals surface area (Å²) in [6, 6.07) is 16.6. The molecule has 0 N–H and O–H groups in total. The maximum atomic E-state index is 12.3. The highest BCUT2D eigenvalue weighted by atomic mass is 16.6. The zero-order valence-electron chi connectivity index (χ0n) is 12.3. The van der Waals surface area contributed by atoms with Gasteiger partial charge >= 0.3 is 5.97 Å². The van der Waals surface area contributed by atoms with Crippen LogP contribution in [0.15, 0.2) is 54.6 Å². The topological polar surface area (TPSA) is 57.0 Å². The van der Waals surface area contributed by atoms with E-state index in [1.165, 1.54) is 0 Å². The van der Waals surface area contributed by atoms with E-state index in [-0.39, 0.29) is 5.97 Å². The van der Waals surface area contributed by atoms with Crippen LogP contribution in [0.5, 0.6) is 0 Å². The molecule has 1 atom stereocenters. The third-order valence-electron chi connectivity index (χ3n) is 3.44. The lowest BCUT2D eigenvalue weighted by Crippen LogP contribution is -2.18. The molecule has 3 rings (SSSR count). The number of para-hydroxylation sites is 1. The second-order valence-corrected chi connectivity index (χ2v) is 5.04. The lowest BCUT2D eigenvalue weighted by atomic mass is 10.2. The van der Waals surface area contributed by atoms with Crippen molar-refractivity contribution in [3.8, 4) is 0 Å². The maximum Gasteiger partial charge on any atom is 0.340 e. The van der Waals surface area contributed by atoms with Gasteiger partial charge in [-0.05, 0) is 24.3 Å². The zero-order valence-corrected chi connectivity index (χ0v) is 12.3. The molecule has 22 heavy (non-hydrogen) atoms. The normalized spacial score (nSPS) is 12.2. The molecule has 0 aliphatic rings. The van der Waals surface area contributed by atoms with Crippen LogP contribution in [0.2, 0.25) is 0 Å². The van der Waals surface area contributed by atoms with Gasteiger partial charge in [-0.2, -0.15) is 0 Å². The van der Waals surface area contributed by atoms with Gasteiger partial charge in [0.25, 0.3) is 0 Å². The van der Waals surface area contributed by atoms with Crippen LogP contribution in [0.3, 0.4) is 0 Å². The van der Waals surface area contributed by atoms with E-state index in [0.29, 0.717) is 12.0 Å². The third-order valence-corrected chi connectivity index (χ3v) is 3.44. The Bertz CT molecular complexity index is 768. The van der Waals surface area contributed by atoms with Gasteiger partial charge in [-0.3, -0.25) is 0 Å². The van der Waals surface area contributed by atoms with Crippen LogP contribution in [0.25, 0.3) is 11.0 Å². The number of carbonyl (C=O) groups excluding carboxylic acids is 1. The van der Waals surface area contributed by atoms with Gasteiger partial charge in [0.1, 0.15) is 5.52 Å². The zero-order chi connectivity index (χ0) is 15.4. The van der Waals surface area contributed by atoms with Crippen molar-refractivity contribution >= 4 is 17.0 Å². The molecule has 0 aliphatic heterocycles. The molecule has 0 amide bonds. The Kier molecular flexibility index (Phi) is 4.14. The highest BCUT2D eigenvalue weighted by Gasteiger charge is 2.20. The van der Waals surface area contributed by atoms with E-state index >= 15 is 0 Å². The quantitative estimate of drug-likeness (QED) is 0.675. The summed E-state index contributed by atoms with van der Waals surface area (Å²) in [6.45, 7) is 2.04. The van der Waals surface area contributed by atoms with E-state index in [9.17, 15) is 4.79 Å². The first kappa shape index (κ1) is 14.3. The van der Waals surface area contributed by atoms with Crippen molar-refractivity contribution in [3.05, 3.63) is 60.2 Å². The van der Waals surface area contributed by atoms with Gasteiger partial charge in [0, 0.05) is 6.42 Å². The molecular formula is C17H17N3O2. The average molecular weight is 295 g/mol. The minimum absolute atomic E-state index is 0.348. The first-order valence-corrected chi connectivity index (χ1v) is 7.35. The van der Waals surface area contributed by atoms with Crippen LogP contribution < -0.4 is 0 Å². The second kappa shape index (κ2) is 6.39. The van der Waals surface area contributed by atoms with Gasteiger partial charge in [-0.1, -0.05) is 48.9 Å². The number of fused-ring (bicyclic) bond motifs is 1. The van der Waals surface area contributed by atoms with E-state index in [1.54, 1.807) is 16.8 Å². The highest BCUT2D eigenvalue weighted by molar-refractivity contribution is 5.89. The Hall–Kier alpha value is -2.69. The third kappa shape index (κ3) is 2.83. The number of hydrogen-bond donors (Lipinski definition) is 0. The Balaban J connectivity index is 1.88. The predicted molar refractivity (Wildman–Crippen MR) is 83.3 cm³/mol. The van der Waals surface area contributed by atoms with Gasteiger partial charge < -0.3 is 4.74 Å². The Morgan fingerprint density at radius 3 is 2.64 bits per heavy atom. The molecule has 0 radical (unpaired) electrons. The Labute approximate surface area is 128 Å². The summed E-state index contributed by atoms with van der Waals surface area (Å²) in [5, 5.41) is 8.27. The van der Waals surface area contributed by atoms with Gasteiger partial charge in [0.2, 0.25) is 0 Å². The number of hydrogen-bond acceptors (Lipinski definition) is 4. The second-order valence-electron chi connectivity index (χ2n) is 5.04. The fourth-order valence-electron chi connectivity index (χ4n) is 2.34. The van der Waals surface area contributed by atoms with E-state index in [1.807, 2.05) is 49.4 Å². The summed E-state index contributed by atoms with van der Waals surface area (Å²) in [4.78, 5) is 12.3. The molecular weight excluding hydrogens is 278 g/mol. The van der Waals surface area contributed by atoms with Crippen molar-refractivity contribution in [3.63, 3.8) is 0 Å². The number of aromatic nitrogens is 3. The van der Waals surface area contributed by atoms with Crippen LogP contribution >= 0.6 is 0 Å². The number of benzene rings is 2. The summed E-state index contributed by atoms with van der Waals surface area (Å²) in [5.74, 6) is -0.348. The predicted octanol–water partition coefficient (Wildman–Crippen LogP) is 3.59. The van der Waals surface area contributed by atoms with Crippen LogP contribution in [0, 0.1) is 0 Å². The maximum absolute atomic E-state index is 12.3. The van der Waals surface area contributed by atoms with E-state index < -0.39 is 6.23 Å². The summed E-state index contributed by atoms with van der Waals surface area (Å²) < 4.78 is 7.33. The van der Waals surface area contributed by atoms with Crippen LogP contribution in [0.1, 0.15) is 36.4 Å². The van der Waals surface area contributed by atoms with Crippen molar-refractivity contribution in [1.82, 2.24) is 15.0 Å². The monoisotopic (exact) mass is 295 g/mol. The van der Waals surface area contributed by atoms with Gasteiger partial charge in [0.15, 0.2) is 6.23 Å². The van der Waals surface area contributed by atoms with Crippen molar-refractivity contribution in [2.24, 2.45) is 0 Å². The number of ether oxygens (including phenoxy) is 1. The lowest BCUT2D eigenvalue weighted by Gasteiger charge is -2.18. The molecule has 1 aromatic heterocycles. The highest BCUT2D eigenvalue weighted by Crippen LogP contribution is 2.21. The van der Waals surface area contributed by atoms with Crippen molar-refractivity contribution in [2.75, 3.05) is 0 Å². The SMILES string of the molecule is CCCC(OC(=O)c1ccccc1)n1nnc2ccccc21.